The number of rotatable bonds is 5. The molecule has 0 unspecified atom stereocenters. The van der Waals surface area contributed by atoms with Crippen LogP contribution in [0, 0.1) is 10.8 Å². The normalized spacial score (nSPS) is 15.9. The Morgan fingerprint density at radius 1 is 1.05 bits per heavy atom. The monoisotopic (exact) mass is 521 g/mol. The molecule has 2 amide bonds. The number of aromatic nitrogens is 1. The zero-order valence-corrected chi connectivity index (χ0v) is 23.0. The summed E-state index contributed by atoms with van der Waals surface area (Å²) in [6.45, 7) is 10.4. The molecule has 0 aliphatic heterocycles. The Kier molecular flexibility index (Phi) is 7.52. The molecule has 2 aromatic carbocycles. The number of carbonyl (C=O) groups is 2. The lowest BCUT2D eigenvalue weighted by atomic mass is 9.75. The van der Waals surface area contributed by atoms with Crippen LogP contribution in [0.1, 0.15) is 82.3 Å². The molecule has 1 aliphatic carbocycles. The molecule has 0 saturated heterocycles. The van der Waals surface area contributed by atoms with Crippen molar-refractivity contribution in [3.05, 3.63) is 75.2 Å². The number of nitrogens with one attached hydrogen (secondary N) is 2. The Hall–Kier alpha value is -3.12. The van der Waals surface area contributed by atoms with Crippen molar-refractivity contribution in [1.29, 1.82) is 0 Å². The maximum Gasteiger partial charge on any atom is 0.258 e. The van der Waals surface area contributed by atoms with Gasteiger partial charge in [-0.05, 0) is 72.4 Å². The van der Waals surface area contributed by atoms with Gasteiger partial charge in [0.15, 0.2) is 0 Å². The minimum absolute atomic E-state index is 0.0343. The number of hydrogen-bond donors (Lipinski definition) is 2. The molecular formula is C30H36ClN3O3. The average molecular weight is 522 g/mol. The first-order chi connectivity index (χ1) is 17.3. The second-order valence-corrected chi connectivity index (χ2v) is 12.3. The number of halogens is 1. The van der Waals surface area contributed by atoms with E-state index >= 15 is 0 Å². The molecule has 2 N–H and O–H groups in total. The summed E-state index contributed by atoms with van der Waals surface area (Å²) in [5, 5.41) is 7.50. The molecule has 7 heteroatoms. The highest BCUT2D eigenvalue weighted by Crippen LogP contribution is 2.39. The van der Waals surface area contributed by atoms with Crippen LogP contribution in [0.4, 0.5) is 5.69 Å². The van der Waals surface area contributed by atoms with E-state index in [-0.39, 0.29) is 23.4 Å². The molecule has 0 atom stereocenters. The van der Waals surface area contributed by atoms with E-state index in [1.54, 1.807) is 30.3 Å². The predicted octanol–water partition coefficient (Wildman–Crippen LogP) is 6.71. The van der Waals surface area contributed by atoms with E-state index in [2.05, 4.69) is 24.5 Å². The standard InChI is InChI=1S/C30H36ClN3O3/c1-29(2,3)28(37)32-18-19-6-9-25(31)24(16-19)26(35)33-21-8-7-20-12-15-34(27(36)23(20)17-21)22-10-13-30(4,5)14-11-22/h6-9,12,15-17,22H,10-11,13-14,18H2,1-5H3,(H,32,37)(H,33,35). The number of fused-ring (bicyclic) bond motifs is 1. The third-order valence-electron chi connectivity index (χ3n) is 7.30. The van der Waals surface area contributed by atoms with Crippen LogP contribution in [-0.2, 0) is 11.3 Å². The molecule has 1 heterocycles. The molecule has 196 valence electrons. The van der Waals surface area contributed by atoms with E-state index in [4.69, 9.17) is 11.6 Å². The van der Waals surface area contributed by atoms with Gasteiger partial charge in [-0.2, -0.15) is 0 Å². The highest BCUT2D eigenvalue weighted by molar-refractivity contribution is 6.34. The predicted molar refractivity (Wildman–Crippen MR) is 150 cm³/mol. The molecule has 0 radical (unpaired) electrons. The molecule has 4 rings (SSSR count). The lowest BCUT2D eigenvalue weighted by Gasteiger charge is -2.35. The first-order valence-electron chi connectivity index (χ1n) is 12.9. The molecule has 0 bridgehead atoms. The zero-order valence-electron chi connectivity index (χ0n) is 22.3. The Balaban J connectivity index is 1.54. The van der Waals surface area contributed by atoms with E-state index in [9.17, 15) is 14.4 Å². The fraction of sp³-hybridized carbons (Fsp3) is 0.433. The number of amides is 2. The van der Waals surface area contributed by atoms with Crippen LogP contribution in [-0.4, -0.2) is 16.4 Å². The summed E-state index contributed by atoms with van der Waals surface area (Å²) in [6.07, 6.45) is 6.06. The van der Waals surface area contributed by atoms with Gasteiger partial charge < -0.3 is 15.2 Å². The van der Waals surface area contributed by atoms with Crippen molar-refractivity contribution >= 4 is 39.9 Å². The van der Waals surface area contributed by atoms with Gasteiger partial charge in [0.05, 0.1) is 10.6 Å². The van der Waals surface area contributed by atoms with Crippen molar-refractivity contribution in [2.24, 2.45) is 10.8 Å². The number of nitrogens with zero attached hydrogens (tertiary/aromatic N) is 1. The molecule has 1 aromatic heterocycles. The number of hydrogen-bond acceptors (Lipinski definition) is 3. The maximum atomic E-state index is 13.4. The van der Waals surface area contributed by atoms with Gasteiger partial charge in [0, 0.05) is 35.3 Å². The van der Waals surface area contributed by atoms with Crippen LogP contribution in [0.2, 0.25) is 5.02 Å². The number of benzene rings is 2. The topological polar surface area (TPSA) is 80.2 Å². The first kappa shape index (κ1) is 26.9. The molecule has 37 heavy (non-hydrogen) atoms. The molecular weight excluding hydrogens is 486 g/mol. The smallest absolute Gasteiger partial charge is 0.258 e. The number of carbonyl (C=O) groups excluding carboxylic acids is 2. The Morgan fingerprint density at radius 3 is 2.43 bits per heavy atom. The van der Waals surface area contributed by atoms with E-state index in [0.29, 0.717) is 33.6 Å². The van der Waals surface area contributed by atoms with Gasteiger partial charge >= 0.3 is 0 Å². The van der Waals surface area contributed by atoms with Gasteiger partial charge in [-0.3, -0.25) is 14.4 Å². The molecule has 3 aromatic rings. The highest BCUT2D eigenvalue weighted by Gasteiger charge is 2.28. The molecule has 1 fully saturated rings. The lowest BCUT2D eigenvalue weighted by molar-refractivity contribution is -0.128. The summed E-state index contributed by atoms with van der Waals surface area (Å²) in [5.41, 5.74) is 1.39. The van der Waals surface area contributed by atoms with Gasteiger partial charge in [-0.1, -0.05) is 58.4 Å². The van der Waals surface area contributed by atoms with Crippen LogP contribution in [0.15, 0.2) is 53.5 Å². The van der Waals surface area contributed by atoms with Crippen LogP contribution in [0.3, 0.4) is 0 Å². The summed E-state index contributed by atoms with van der Waals surface area (Å²) >= 11 is 6.34. The van der Waals surface area contributed by atoms with E-state index in [1.807, 2.05) is 43.7 Å². The maximum absolute atomic E-state index is 13.4. The Labute approximate surface area is 223 Å². The third-order valence-corrected chi connectivity index (χ3v) is 7.63. The lowest BCUT2D eigenvalue weighted by Crippen LogP contribution is -2.34. The highest BCUT2D eigenvalue weighted by atomic mass is 35.5. The summed E-state index contributed by atoms with van der Waals surface area (Å²) in [6, 6.07) is 12.7. The summed E-state index contributed by atoms with van der Waals surface area (Å²) in [5.74, 6) is -0.452. The van der Waals surface area contributed by atoms with Gasteiger partial charge in [0.2, 0.25) is 5.91 Å². The fourth-order valence-corrected chi connectivity index (χ4v) is 4.99. The SMILES string of the molecule is CC1(C)CCC(n2ccc3ccc(NC(=O)c4cc(CNC(=O)C(C)(C)C)ccc4Cl)cc3c2=O)CC1. The summed E-state index contributed by atoms with van der Waals surface area (Å²) in [4.78, 5) is 38.7. The van der Waals surface area contributed by atoms with E-state index < -0.39 is 5.41 Å². The minimum Gasteiger partial charge on any atom is -0.352 e. The average Bonchev–Trinajstić information content (AvgIpc) is 2.83. The van der Waals surface area contributed by atoms with Gasteiger partial charge in [0.25, 0.3) is 11.5 Å². The summed E-state index contributed by atoms with van der Waals surface area (Å²) < 4.78 is 1.86. The van der Waals surface area contributed by atoms with Crippen molar-refractivity contribution in [2.75, 3.05) is 5.32 Å². The van der Waals surface area contributed by atoms with Gasteiger partial charge in [-0.25, -0.2) is 0 Å². The zero-order chi connectivity index (χ0) is 27.0. The molecule has 0 spiro atoms. The van der Waals surface area contributed by atoms with Crippen molar-refractivity contribution in [2.45, 2.75) is 72.9 Å². The van der Waals surface area contributed by atoms with Crippen LogP contribution in [0.5, 0.6) is 0 Å². The molecule has 6 nitrogen and oxygen atoms in total. The fourth-order valence-electron chi connectivity index (χ4n) is 4.78. The van der Waals surface area contributed by atoms with Gasteiger partial charge in [-0.15, -0.1) is 0 Å². The van der Waals surface area contributed by atoms with Crippen LogP contribution < -0.4 is 16.2 Å². The second-order valence-electron chi connectivity index (χ2n) is 11.9. The van der Waals surface area contributed by atoms with Crippen molar-refractivity contribution in [3.63, 3.8) is 0 Å². The van der Waals surface area contributed by atoms with Crippen LogP contribution >= 0.6 is 11.6 Å². The van der Waals surface area contributed by atoms with Crippen molar-refractivity contribution in [3.8, 4) is 0 Å². The Morgan fingerprint density at radius 2 is 1.76 bits per heavy atom. The molecule has 1 aliphatic rings. The number of pyridine rings is 1. The largest absolute Gasteiger partial charge is 0.352 e. The number of anilines is 1. The first-order valence-corrected chi connectivity index (χ1v) is 13.2. The summed E-state index contributed by atoms with van der Waals surface area (Å²) in [7, 11) is 0. The van der Waals surface area contributed by atoms with Crippen LogP contribution in [0.25, 0.3) is 10.8 Å². The van der Waals surface area contributed by atoms with E-state index in [0.717, 1.165) is 36.6 Å². The van der Waals surface area contributed by atoms with Crippen molar-refractivity contribution in [1.82, 2.24) is 9.88 Å². The van der Waals surface area contributed by atoms with E-state index in [1.165, 1.54) is 0 Å². The quantitative estimate of drug-likeness (QED) is 0.391. The Bertz CT molecular complexity index is 1390. The second kappa shape index (κ2) is 10.3. The third kappa shape index (κ3) is 6.24. The minimum atomic E-state index is -0.505. The van der Waals surface area contributed by atoms with Gasteiger partial charge in [0.1, 0.15) is 0 Å². The van der Waals surface area contributed by atoms with Crippen molar-refractivity contribution < 1.29 is 9.59 Å². The molecule has 1 saturated carbocycles.